The Morgan fingerprint density at radius 2 is 2.15 bits per heavy atom. The highest BCUT2D eigenvalue weighted by atomic mass is 16.7. The van der Waals surface area contributed by atoms with Crippen LogP contribution in [0.2, 0.25) is 0 Å². The number of fused-ring (bicyclic) bond motifs is 1. The summed E-state index contributed by atoms with van der Waals surface area (Å²) in [4.78, 5) is 16.0. The first-order valence-corrected chi connectivity index (χ1v) is 9.63. The van der Waals surface area contributed by atoms with Gasteiger partial charge in [-0.2, -0.15) is 5.10 Å². The van der Waals surface area contributed by atoms with Crippen LogP contribution < -0.4 is 5.73 Å². The van der Waals surface area contributed by atoms with Gasteiger partial charge in [-0.3, -0.25) is 0 Å². The SMILES string of the molecule is C[C@@]1(COC(=O)OC2CCCCC2)CC[C@H](c2ccc3c(N)ncnn23)O1. The van der Waals surface area contributed by atoms with E-state index in [1.807, 2.05) is 19.1 Å². The van der Waals surface area contributed by atoms with Crippen molar-refractivity contribution in [2.75, 3.05) is 12.3 Å². The molecule has 1 aliphatic carbocycles. The van der Waals surface area contributed by atoms with Gasteiger partial charge in [-0.15, -0.1) is 0 Å². The highest BCUT2D eigenvalue weighted by molar-refractivity contribution is 5.65. The summed E-state index contributed by atoms with van der Waals surface area (Å²) in [7, 11) is 0. The molecular weight excluding hydrogens is 348 g/mol. The molecule has 0 bridgehead atoms. The summed E-state index contributed by atoms with van der Waals surface area (Å²) in [6.45, 7) is 2.13. The van der Waals surface area contributed by atoms with Crippen LogP contribution in [0.25, 0.3) is 5.52 Å². The average molecular weight is 374 g/mol. The maximum absolute atomic E-state index is 12.0. The lowest BCUT2D eigenvalue weighted by Crippen LogP contribution is -2.32. The predicted molar refractivity (Wildman–Crippen MR) is 98.2 cm³/mol. The number of hydrogen-bond acceptors (Lipinski definition) is 7. The Labute approximate surface area is 158 Å². The fraction of sp³-hybridized carbons (Fsp3) is 0.632. The quantitative estimate of drug-likeness (QED) is 0.818. The number of carbonyl (C=O) groups excluding carboxylic acids is 1. The van der Waals surface area contributed by atoms with E-state index in [0.29, 0.717) is 5.82 Å². The lowest BCUT2D eigenvalue weighted by Gasteiger charge is -2.26. The predicted octanol–water partition coefficient (Wildman–Crippen LogP) is 3.41. The zero-order chi connectivity index (χ0) is 18.9. The second kappa shape index (κ2) is 7.34. The number of carbonyl (C=O) groups is 1. The van der Waals surface area contributed by atoms with E-state index >= 15 is 0 Å². The maximum Gasteiger partial charge on any atom is 0.508 e. The van der Waals surface area contributed by atoms with Gasteiger partial charge in [0, 0.05) is 0 Å². The van der Waals surface area contributed by atoms with Crippen LogP contribution >= 0.6 is 0 Å². The summed E-state index contributed by atoms with van der Waals surface area (Å²) in [6.07, 6.45) is 7.59. The second-order valence-electron chi connectivity index (χ2n) is 7.71. The third kappa shape index (κ3) is 3.85. The van der Waals surface area contributed by atoms with Crippen LogP contribution in [0.4, 0.5) is 10.6 Å². The summed E-state index contributed by atoms with van der Waals surface area (Å²) >= 11 is 0. The third-order valence-corrected chi connectivity index (χ3v) is 5.51. The van der Waals surface area contributed by atoms with Crippen LogP contribution in [-0.4, -0.2) is 39.1 Å². The summed E-state index contributed by atoms with van der Waals surface area (Å²) in [6, 6.07) is 3.84. The largest absolute Gasteiger partial charge is 0.508 e. The van der Waals surface area contributed by atoms with Gasteiger partial charge >= 0.3 is 6.16 Å². The number of aromatic nitrogens is 3. The van der Waals surface area contributed by atoms with Crippen LogP contribution in [0, 0.1) is 0 Å². The van der Waals surface area contributed by atoms with Gasteiger partial charge in [0.25, 0.3) is 0 Å². The van der Waals surface area contributed by atoms with E-state index in [1.165, 1.54) is 12.7 Å². The molecule has 27 heavy (non-hydrogen) atoms. The molecular formula is C19H26N4O4. The molecule has 0 aromatic carbocycles. The van der Waals surface area contributed by atoms with Gasteiger partial charge in [0.1, 0.15) is 36.3 Å². The Hall–Kier alpha value is -2.35. The van der Waals surface area contributed by atoms with Crippen LogP contribution in [0.1, 0.15) is 63.7 Å². The fourth-order valence-corrected chi connectivity index (χ4v) is 3.99. The van der Waals surface area contributed by atoms with Gasteiger partial charge in [-0.1, -0.05) is 6.42 Å². The van der Waals surface area contributed by atoms with Gasteiger partial charge in [0.05, 0.1) is 5.69 Å². The first-order valence-electron chi connectivity index (χ1n) is 9.63. The molecule has 0 unspecified atom stereocenters. The Balaban J connectivity index is 1.35. The molecule has 1 saturated carbocycles. The number of ether oxygens (including phenoxy) is 3. The zero-order valence-electron chi connectivity index (χ0n) is 15.6. The van der Waals surface area contributed by atoms with Crippen molar-refractivity contribution in [1.82, 2.24) is 14.6 Å². The van der Waals surface area contributed by atoms with Gasteiger partial charge in [-0.05, 0) is 57.6 Å². The molecule has 4 rings (SSSR count). The van der Waals surface area contributed by atoms with Crippen molar-refractivity contribution in [3.05, 3.63) is 24.2 Å². The molecule has 146 valence electrons. The van der Waals surface area contributed by atoms with Crippen LogP contribution in [0.5, 0.6) is 0 Å². The molecule has 3 heterocycles. The summed E-state index contributed by atoms with van der Waals surface area (Å²) < 4.78 is 18.8. The van der Waals surface area contributed by atoms with Crippen molar-refractivity contribution in [3.8, 4) is 0 Å². The van der Waals surface area contributed by atoms with Crippen molar-refractivity contribution >= 4 is 17.5 Å². The Morgan fingerprint density at radius 3 is 2.96 bits per heavy atom. The summed E-state index contributed by atoms with van der Waals surface area (Å²) in [5.74, 6) is 0.436. The van der Waals surface area contributed by atoms with E-state index in [-0.39, 0.29) is 18.8 Å². The Bertz CT molecular complexity index is 817. The molecule has 2 N–H and O–H groups in total. The summed E-state index contributed by atoms with van der Waals surface area (Å²) in [5, 5.41) is 4.27. The first-order chi connectivity index (χ1) is 13.0. The van der Waals surface area contributed by atoms with Crippen molar-refractivity contribution in [2.45, 2.75) is 69.7 Å². The van der Waals surface area contributed by atoms with E-state index < -0.39 is 11.8 Å². The molecule has 2 atom stereocenters. The van der Waals surface area contributed by atoms with E-state index in [2.05, 4.69) is 10.1 Å². The molecule has 8 heteroatoms. The van der Waals surface area contributed by atoms with Crippen molar-refractivity contribution in [1.29, 1.82) is 0 Å². The minimum Gasteiger partial charge on any atom is -0.431 e. The van der Waals surface area contributed by atoms with E-state index in [0.717, 1.165) is 49.7 Å². The van der Waals surface area contributed by atoms with E-state index in [9.17, 15) is 4.79 Å². The monoisotopic (exact) mass is 374 g/mol. The molecule has 2 aromatic rings. The number of nitrogens with zero attached hydrogens (tertiary/aromatic N) is 3. The van der Waals surface area contributed by atoms with Crippen molar-refractivity contribution in [3.63, 3.8) is 0 Å². The Kier molecular flexibility index (Phi) is 4.90. The smallest absolute Gasteiger partial charge is 0.431 e. The van der Waals surface area contributed by atoms with Crippen molar-refractivity contribution in [2.24, 2.45) is 0 Å². The second-order valence-corrected chi connectivity index (χ2v) is 7.71. The van der Waals surface area contributed by atoms with Crippen LogP contribution in [-0.2, 0) is 14.2 Å². The minimum atomic E-state index is -0.594. The van der Waals surface area contributed by atoms with E-state index in [4.69, 9.17) is 19.9 Å². The lowest BCUT2D eigenvalue weighted by molar-refractivity contribution is -0.0817. The average Bonchev–Trinajstić information content (AvgIpc) is 3.26. The van der Waals surface area contributed by atoms with Crippen molar-refractivity contribution < 1.29 is 19.0 Å². The molecule has 0 amide bonds. The van der Waals surface area contributed by atoms with E-state index in [1.54, 1.807) is 4.52 Å². The summed E-state index contributed by atoms with van der Waals surface area (Å²) in [5.41, 5.74) is 7.04. The Morgan fingerprint density at radius 1 is 1.33 bits per heavy atom. The van der Waals surface area contributed by atoms with Gasteiger partial charge in [0.15, 0.2) is 5.82 Å². The highest BCUT2D eigenvalue weighted by Crippen LogP contribution is 2.40. The molecule has 8 nitrogen and oxygen atoms in total. The molecule has 2 fully saturated rings. The molecule has 0 spiro atoms. The molecule has 0 radical (unpaired) electrons. The number of nitrogen functional groups attached to an aromatic ring is 1. The minimum absolute atomic E-state index is 0.00599. The number of hydrogen-bond donors (Lipinski definition) is 1. The zero-order valence-corrected chi connectivity index (χ0v) is 15.6. The van der Waals surface area contributed by atoms with Gasteiger partial charge < -0.3 is 19.9 Å². The lowest BCUT2D eigenvalue weighted by atomic mass is 9.98. The normalized spacial score (nSPS) is 26.3. The molecule has 2 aromatic heterocycles. The maximum atomic E-state index is 12.0. The van der Waals surface area contributed by atoms with Crippen LogP contribution in [0.15, 0.2) is 18.5 Å². The first kappa shape index (κ1) is 18.0. The standard InChI is InChI=1S/C19H26N4O4/c1-19(11-25-18(24)26-13-5-3-2-4-6-13)10-9-16(27-19)14-7-8-15-17(20)21-12-22-23(14)15/h7-8,12-13,16H,2-6,9-11H2,1H3,(H2,20,21,22)/t16-,19+/m1/s1. The number of anilines is 1. The molecule has 1 saturated heterocycles. The molecule has 2 aliphatic rings. The van der Waals surface area contributed by atoms with Crippen LogP contribution in [0.3, 0.4) is 0 Å². The molecule has 1 aliphatic heterocycles. The van der Waals surface area contributed by atoms with Gasteiger partial charge in [-0.25, -0.2) is 14.3 Å². The number of nitrogens with two attached hydrogens (primary N) is 1. The number of rotatable bonds is 4. The van der Waals surface area contributed by atoms with Gasteiger partial charge in [0.2, 0.25) is 0 Å². The third-order valence-electron chi connectivity index (χ3n) is 5.51. The topological polar surface area (TPSA) is 101 Å². The fourth-order valence-electron chi connectivity index (χ4n) is 3.99. The highest BCUT2D eigenvalue weighted by Gasteiger charge is 2.39.